The molecule has 4 nitrogen and oxygen atoms in total. The van der Waals surface area contributed by atoms with Crippen molar-refractivity contribution >= 4 is 17.7 Å². The third kappa shape index (κ3) is 3.19. The van der Waals surface area contributed by atoms with Gasteiger partial charge in [0, 0.05) is 17.9 Å². The molecule has 0 fully saturated rings. The summed E-state index contributed by atoms with van der Waals surface area (Å²) in [5.74, 6) is 0.476. The quantitative estimate of drug-likeness (QED) is 0.863. The molecule has 22 heavy (non-hydrogen) atoms. The van der Waals surface area contributed by atoms with Crippen LogP contribution in [0.25, 0.3) is 5.69 Å². The predicted octanol–water partition coefficient (Wildman–Crippen LogP) is 2.98. The highest BCUT2D eigenvalue weighted by molar-refractivity contribution is 7.99. The van der Waals surface area contributed by atoms with E-state index in [0.717, 1.165) is 23.7 Å². The second kappa shape index (κ2) is 7.01. The van der Waals surface area contributed by atoms with Gasteiger partial charge < -0.3 is 5.32 Å². The van der Waals surface area contributed by atoms with E-state index in [2.05, 4.69) is 22.0 Å². The Morgan fingerprint density at radius 1 is 1.27 bits per heavy atom. The smallest absolute Gasteiger partial charge is 0.230 e. The highest BCUT2D eigenvalue weighted by Gasteiger charge is 2.21. The molecule has 0 saturated carbocycles. The highest BCUT2D eigenvalue weighted by Crippen LogP contribution is 2.30. The summed E-state index contributed by atoms with van der Waals surface area (Å²) in [6.45, 7) is 2.61. The first-order valence-electron chi connectivity index (χ1n) is 7.85. The molecule has 0 saturated heterocycles. The van der Waals surface area contributed by atoms with E-state index in [4.69, 9.17) is 4.98 Å². The molecule has 1 aliphatic rings. The summed E-state index contributed by atoms with van der Waals surface area (Å²) in [6.07, 6.45) is 4.54. The van der Waals surface area contributed by atoms with E-state index < -0.39 is 0 Å². The number of benzene rings is 1. The van der Waals surface area contributed by atoms with Crippen LogP contribution in [-0.2, 0) is 17.6 Å². The van der Waals surface area contributed by atoms with Crippen molar-refractivity contribution in [2.24, 2.45) is 0 Å². The van der Waals surface area contributed by atoms with Gasteiger partial charge in [-0.25, -0.2) is 4.98 Å². The van der Waals surface area contributed by atoms with Crippen LogP contribution in [0, 0.1) is 0 Å². The molecule has 0 unspecified atom stereocenters. The van der Waals surface area contributed by atoms with Gasteiger partial charge in [0.25, 0.3) is 0 Å². The molecular weight excluding hydrogens is 294 g/mol. The van der Waals surface area contributed by atoms with Crippen LogP contribution < -0.4 is 5.32 Å². The second-order valence-corrected chi connectivity index (χ2v) is 6.35. The Hall–Kier alpha value is -1.75. The zero-order chi connectivity index (χ0) is 15.4. The molecule has 3 rings (SSSR count). The molecule has 5 heteroatoms. The normalized spacial score (nSPS) is 13.7. The molecule has 0 radical (unpaired) electrons. The summed E-state index contributed by atoms with van der Waals surface area (Å²) >= 11 is 1.52. The predicted molar refractivity (Wildman–Crippen MR) is 89.6 cm³/mol. The minimum atomic E-state index is 0.0630. The van der Waals surface area contributed by atoms with Crippen LogP contribution in [0.2, 0.25) is 0 Å². The van der Waals surface area contributed by atoms with Crippen LogP contribution in [-0.4, -0.2) is 27.8 Å². The van der Waals surface area contributed by atoms with Crippen molar-refractivity contribution in [3.8, 4) is 5.69 Å². The van der Waals surface area contributed by atoms with Gasteiger partial charge in [-0.05, 0) is 44.7 Å². The summed E-state index contributed by atoms with van der Waals surface area (Å²) in [5, 5.41) is 3.77. The van der Waals surface area contributed by atoms with E-state index in [1.165, 1.54) is 36.0 Å². The van der Waals surface area contributed by atoms with Gasteiger partial charge >= 0.3 is 0 Å². The van der Waals surface area contributed by atoms with Gasteiger partial charge in [0.1, 0.15) is 0 Å². The van der Waals surface area contributed by atoms with Crippen LogP contribution in [0.4, 0.5) is 0 Å². The maximum absolute atomic E-state index is 11.7. The van der Waals surface area contributed by atoms with Crippen LogP contribution in [0.3, 0.4) is 0 Å². The number of rotatable bonds is 5. The van der Waals surface area contributed by atoms with Gasteiger partial charge in [-0.15, -0.1) is 0 Å². The molecular formula is C17H21N3OS. The van der Waals surface area contributed by atoms with Gasteiger partial charge in [-0.1, -0.05) is 30.0 Å². The van der Waals surface area contributed by atoms with Gasteiger partial charge in [-0.2, -0.15) is 0 Å². The topological polar surface area (TPSA) is 46.9 Å². The standard InChI is InChI=1S/C17H21N3OS/c1-2-18-16(21)12-22-17-19-14-10-6-7-11-15(14)20(17)13-8-4-3-5-9-13/h3-5,8-9H,2,6-7,10-12H2,1H3,(H,18,21). The molecule has 1 aromatic heterocycles. The third-order valence-electron chi connectivity index (χ3n) is 3.82. The summed E-state index contributed by atoms with van der Waals surface area (Å²) in [7, 11) is 0. The van der Waals surface area contributed by atoms with Gasteiger partial charge in [0.2, 0.25) is 5.91 Å². The Bertz CT molecular complexity index is 651. The number of aromatic nitrogens is 2. The molecule has 0 atom stereocenters. The number of hydrogen-bond donors (Lipinski definition) is 1. The average Bonchev–Trinajstić information content (AvgIpc) is 2.92. The summed E-state index contributed by atoms with van der Waals surface area (Å²) in [5.41, 5.74) is 3.65. The molecule has 2 aromatic rings. The Kier molecular flexibility index (Phi) is 4.83. The fraction of sp³-hybridized carbons (Fsp3) is 0.412. The maximum atomic E-state index is 11.7. The highest BCUT2D eigenvalue weighted by atomic mass is 32.2. The third-order valence-corrected chi connectivity index (χ3v) is 4.76. The SMILES string of the molecule is CCNC(=O)CSc1nc2c(n1-c1ccccc1)CCCC2. The maximum Gasteiger partial charge on any atom is 0.230 e. The first kappa shape index (κ1) is 15.2. The van der Waals surface area contributed by atoms with Crippen LogP contribution in [0.15, 0.2) is 35.5 Å². The van der Waals surface area contributed by atoms with Crippen LogP contribution >= 0.6 is 11.8 Å². The molecule has 116 valence electrons. The number of thioether (sulfide) groups is 1. The number of carbonyl (C=O) groups is 1. The van der Waals surface area contributed by atoms with Gasteiger partial charge in [0.15, 0.2) is 5.16 Å². The van der Waals surface area contributed by atoms with Crippen molar-refractivity contribution in [2.45, 2.75) is 37.8 Å². The molecule has 1 N–H and O–H groups in total. The summed E-state index contributed by atoms with van der Waals surface area (Å²) in [4.78, 5) is 16.5. The van der Waals surface area contributed by atoms with Crippen molar-refractivity contribution < 1.29 is 4.79 Å². The Labute approximate surface area is 135 Å². The lowest BCUT2D eigenvalue weighted by atomic mass is 10.0. The minimum Gasteiger partial charge on any atom is -0.356 e. The number of hydrogen-bond acceptors (Lipinski definition) is 3. The second-order valence-electron chi connectivity index (χ2n) is 5.41. The Morgan fingerprint density at radius 3 is 2.82 bits per heavy atom. The number of imidazole rings is 1. The van der Waals surface area contributed by atoms with E-state index in [0.29, 0.717) is 12.3 Å². The number of nitrogens with one attached hydrogen (secondary N) is 1. The van der Waals surface area contributed by atoms with Crippen molar-refractivity contribution in [1.29, 1.82) is 0 Å². The fourth-order valence-electron chi connectivity index (χ4n) is 2.83. The van der Waals surface area contributed by atoms with E-state index in [1.54, 1.807) is 0 Å². The molecule has 0 aliphatic heterocycles. The molecule has 1 heterocycles. The first-order valence-corrected chi connectivity index (χ1v) is 8.83. The molecule has 1 aliphatic carbocycles. The Balaban J connectivity index is 1.91. The zero-order valence-electron chi connectivity index (χ0n) is 12.8. The van der Waals surface area contributed by atoms with Crippen molar-refractivity contribution in [2.75, 3.05) is 12.3 Å². The van der Waals surface area contributed by atoms with Crippen molar-refractivity contribution in [3.05, 3.63) is 41.7 Å². The monoisotopic (exact) mass is 315 g/mol. The number of amides is 1. The molecule has 0 bridgehead atoms. The molecule has 1 aromatic carbocycles. The number of fused-ring (bicyclic) bond motifs is 1. The minimum absolute atomic E-state index is 0.0630. The number of aryl methyl sites for hydroxylation is 1. The lowest BCUT2D eigenvalue weighted by Crippen LogP contribution is -2.24. The largest absolute Gasteiger partial charge is 0.356 e. The number of nitrogens with zero attached hydrogens (tertiary/aromatic N) is 2. The van der Waals surface area contributed by atoms with E-state index >= 15 is 0 Å². The number of para-hydroxylation sites is 1. The molecule has 1 amide bonds. The number of carbonyl (C=O) groups excluding carboxylic acids is 1. The van der Waals surface area contributed by atoms with E-state index in [1.807, 2.05) is 25.1 Å². The first-order chi connectivity index (χ1) is 10.8. The zero-order valence-corrected chi connectivity index (χ0v) is 13.7. The molecule has 0 spiro atoms. The van der Waals surface area contributed by atoms with E-state index in [-0.39, 0.29) is 5.91 Å². The van der Waals surface area contributed by atoms with E-state index in [9.17, 15) is 4.79 Å². The van der Waals surface area contributed by atoms with Crippen molar-refractivity contribution in [3.63, 3.8) is 0 Å². The average molecular weight is 315 g/mol. The summed E-state index contributed by atoms with van der Waals surface area (Å²) in [6, 6.07) is 10.3. The van der Waals surface area contributed by atoms with Crippen LogP contribution in [0.5, 0.6) is 0 Å². The fourth-order valence-corrected chi connectivity index (χ4v) is 3.72. The summed E-state index contributed by atoms with van der Waals surface area (Å²) < 4.78 is 2.23. The lowest BCUT2D eigenvalue weighted by Gasteiger charge is -2.15. The van der Waals surface area contributed by atoms with Gasteiger partial charge in [-0.3, -0.25) is 9.36 Å². The lowest BCUT2D eigenvalue weighted by molar-refractivity contribution is -0.118. The van der Waals surface area contributed by atoms with Gasteiger partial charge in [0.05, 0.1) is 11.4 Å². The van der Waals surface area contributed by atoms with Crippen molar-refractivity contribution in [1.82, 2.24) is 14.9 Å². The van der Waals surface area contributed by atoms with Crippen LogP contribution in [0.1, 0.15) is 31.2 Å². The Morgan fingerprint density at radius 2 is 2.05 bits per heavy atom.